The van der Waals surface area contributed by atoms with Gasteiger partial charge in [-0.25, -0.2) is 9.97 Å². The summed E-state index contributed by atoms with van der Waals surface area (Å²) < 4.78 is 1.79. The molecule has 0 N–H and O–H groups in total. The van der Waals surface area contributed by atoms with Crippen molar-refractivity contribution >= 4 is 11.7 Å². The van der Waals surface area contributed by atoms with Crippen molar-refractivity contribution in [3.63, 3.8) is 0 Å². The van der Waals surface area contributed by atoms with Gasteiger partial charge < -0.3 is 9.80 Å². The number of aryl methyl sites for hydroxylation is 2. The largest absolute Gasteiger partial charge is 0.335 e. The molecule has 1 aliphatic rings. The van der Waals surface area contributed by atoms with E-state index in [2.05, 4.69) is 60.2 Å². The smallest absolute Gasteiger partial charge is 0.272 e. The van der Waals surface area contributed by atoms with Crippen LogP contribution in [-0.4, -0.2) is 63.3 Å². The quantitative estimate of drug-likeness (QED) is 0.718. The zero-order valence-electron chi connectivity index (χ0n) is 16.3. The molecular formula is C21H25N5O. The number of carbonyl (C=O) groups excluding carboxylic acids is 1. The standard InChI is InChI=1S/C21H25N5O/c1-14-6-8-16(9-7-14)17-12-25(13-18(17)24(3)4)20(27)19-15(2)23-21-22-10-5-11-26(19)21/h5-11,17-18H,12-13H2,1-4H3. The monoisotopic (exact) mass is 363 g/mol. The number of benzene rings is 1. The van der Waals surface area contributed by atoms with E-state index in [4.69, 9.17) is 0 Å². The zero-order valence-corrected chi connectivity index (χ0v) is 16.3. The Kier molecular flexibility index (Phi) is 4.44. The Bertz CT molecular complexity index is 976. The third-order valence-electron chi connectivity index (χ3n) is 5.53. The molecule has 0 radical (unpaired) electrons. The van der Waals surface area contributed by atoms with Crippen molar-refractivity contribution < 1.29 is 4.79 Å². The summed E-state index contributed by atoms with van der Waals surface area (Å²) in [5.41, 5.74) is 3.87. The molecule has 3 aromatic rings. The van der Waals surface area contributed by atoms with E-state index in [0.29, 0.717) is 30.5 Å². The predicted octanol–water partition coefficient (Wildman–Crippen LogP) is 2.52. The third-order valence-corrected chi connectivity index (χ3v) is 5.53. The molecule has 6 nitrogen and oxygen atoms in total. The number of likely N-dealkylation sites (N-methyl/N-ethyl adjacent to an activating group) is 1. The van der Waals surface area contributed by atoms with Crippen LogP contribution in [0.5, 0.6) is 0 Å². The van der Waals surface area contributed by atoms with E-state index < -0.39 is 0 Å². The minimum atomic E-state index is 0.0226. The molecule has 1 aromatic carbocycles. The van der Waals surface area contributed by atoms with Crippen LogP contribution in [0.15, 0.2) is 42.7 Å². The lowest BCUT2D eigenvalue weighted by atomic mass is 9.93. The van der Waals surface area contributed by atoms with Crippen molar-refractivity contribution in [1.29, 1.82) is 0 Å². The highest BCUT2D eigenvalue weighted by molar-refractivity contribution is 5.94. The van der Waals surface area contributed by atoms with Gasteiger partial charge in [0.05, 0.1) is 5.69 Å². The number of likely N-dealkylation sites (tertiary alicyclic amines) is 1. The van der Waals surface area contributed by atoms with Crippen LogP contribution < -0.4 is 0 Å². The molecule has 6 heteroatoms. The van der Waals surface area contributed by atoms with Gasteiger partial charge in [0.2, 0.25) is 5.78 Å². The topological polar surface area (TPSA) is 53.7 Å². The number of imidazole rings is 1. The molecule has 1 saturated heterocycles. The first-order chi connectivity index (χ1) is 13.0. The fourth-order valence-electron chi connectivity index (χ4n) is 4.02. The molecule has 2 aromatic heterocycles. The molecule has 0 aliphatic carbocycles. The van der Waals surface area contributed by atoms with Crippen LogP contribution in [0.25, 0.3) is 5.78 Å². The minimum Gasteiger partial charge on any atom is -0.335 e. The van der Waals surface area contributed by atoms with Gasteiger partial charge in [-0.2, -0.15) is 0 Å². The van der Waals surface area contributed by atoms with E-state index in [1.807, 2.05) is 24.1 Å². The van der Waals surface area contributed by atoms with Crippen LogP contribution in [0.4, 0.5) is 0 Å². The second-order valence-corrected chi connectivity index (χ2v) is 7.59. The van der Waals surface area contributed by atoms with Gasteiger partial charge in [-0.3, -0.25) is 9.20 Å². The van der Waals surface area contributed by atoms with Crippen molar-refractivity contribution in [2.45, 2.75) is 25.8 Å². The molecule has 1 fully saturated rings. The summed E-state index contributed by atoms with van der Waals surface area (Å²) in [6, 6.07) is 10.8. The molecule has 0 bridgehead atoms. The molecular weight excluding hydrogens is 338 g/mol. The number of rotatable bonds is 3. The van der Waals surface area contributed by atoms with Gasteiger partial charge in [0.15, 0.2) is 0 Å². The fraction of sp³-hybridized carbons (Fsp3) is 0.381. The van der Waals surface area contributed by atoms with Gasteiger partial charge in [0, 0.05) is 37.4 Å². The normalized spacial score (nSPS) is 20.0. The lowest BCUT2D eigenvalue weighted by Crippen LogP contribution is -2.36. The van der Waals surface area contributed by atoms with Gasteiger partial charge in [0.1, 0.15) is 5.69 Å². The van der Waals surface area contributed by atoms with Gasteiger partial charge in [-0.15, -0.1) is 0 Å². The van der Waals surface area contributed by atoms with Crippen LogP contribution in [0, 0.1) is 13.8 Å². The van der Waals surface area contributed by atoms with Crippen molar-refractivity contribution in [1.82, 2.24) is 24.2 Å². The van der Waals surface area contributed by atoms with Crippen molar-refractivity contribution in [2.24, 2.45) is 0 Å². The minimum absolute atomic E-state index is 0.0226. The summed E-state index contributed by atoms with van der Waals surface area (Å²) in [6.07, 6.45) is 3.55. The number of carbonyl (C=O) groups is 1. The van der Waals surface area contributed by atoms with Crippen LogP contribution in [0.1, 0.15) is 33.2 Å². The first kappa shape index (κ1) is 17.7. The average molecular weight is 363 g/mol. The van der Waals surface area contributed by atoms with Gasteiger partial charge in [-0.1, -0.05) is 29.8 Å². The Labute approximate surface area is 159 Å². The predicted molar refractivity (Wildman–Crippen MR) is 105 cm³/mol. The molecule has 2 atom stereocenters. The molecule has 1 amide bonds. The SMILES string of the molecule is Cc1ccc(C2CN(C(=O)c3c(C)nc4ncccn34)CC2N(C)C)cc1. The number of aromatic nitrogens is 3. The molecule has 140 valence electrons. The maximum absolute atomic E-state index is 13.4. The van der Waals surface area contributed by atoms with E-state index in [-0.39, 0.29) is 11.9 Å². The van der Waals surface area contributed by atoms with E-state index in [0.717, 1.165) is 5.69 Å². The zero-order chi connectivity index (χ0) is 19.1. The summed E-state index contributed by atoms with van der Waals surface area (Å²) in [6.45, 7) is 5.38. The molecule has 3 heterocycles. The van der Waals surface area contributed by atoms with E-state index in [1.165, 1.54) is 11.1 Å². The van der Waals surface area contributed by atoms with E-state index in [1.54, 1.807) is 10.6 Å². The fourth-order valence-corrected chi connectivity index (χ4v) is 4.02. The first-order valence-corrected chi connectivity index (χ1v) is 9.27. The lowest BCUT2D eigenvalue weighted by Gasteiger charge is -2.25. The summed E-state index contributed by atoms with van der Waals surface area (Å²) in [5, 5.41) is 0. The summed E-state index contributed by atoms with van der Waals surface area (Å²) in [7, 11) is 4.17. The lowest BCUT2D eigenvalue weighted by molar-refractivity contribution is 0.0774. The summed E-state index contributed by atoms with van der Waals surface area (Å²) in [4.78, 5) is 26.2. The maximum atomic E-state index is 13.4. The Hall–Kier alpha value is -2.73. The number of hydrogen-bond acceptors (Lipinski definition) is 4. The average Bonchev–Trinajstić information content (AvgIpc) is 3.23. The van der Waals surface area contributed by atoms with Crippen LogP contribution in [0.3, 0.4) is 0 Å². The highest BCUT2D eigenvalue weighted by atomic mass is 16.2. The van der Waals surface area contributed by atoms with Gasteiger partial charge >= 0.3 is 0 Å². The molecule has 0 spiro atoms. The van der Waals surface area contributed by atoms with Crippen molar-refractivity contribution in [2.75, 3.05) is 27.2 Å². The number of nitrogens with zero attached hydrogens (tertiary/aromatic N) is 5. The number of fused-ring (bicyclic) bond motifs is 1. The van der Waals surface area contributed by atoms with Crippen LogP contribution >= 0.6 is 0 Å². The Morgan fingerprint density at radius 1 is 1.15 bits per heavy atom. The summed E-state index contributed by atoms with van der Waals surface area (Å²) >= 11 is 0. The van der Waals surface area contributed by atoms with Gasteiger partial charge in [0.25, 0.3) is 5.91 Å². The first-order valence-electron chi connectivity index (χ1n) is 9.27. The summed E-state index contributed by atoms with van der Waals surface area (Å²) in [5.74, 6) is 0.883. The molecule has 4 rings (SSSR count). The van der Waals surface area contributed by atoms with Crippen LogP contribution in [0.2, 0.25) is 0 Å². The second kappa shape index (κ2) is 6.78. The molecule has 1 aliphatic heterocycles. The van der Waals surface area contributed by atoms with E-state index >= 15 is 0 Å². The van der Waals surface area contributed by atoms with Crippen molar-refractivity contribution in [3.05, 3.63) is 65.2 Å². The third kappa shape index (κ3) is 3.10. The Morgan fingerprint density at radius 2 is 1.89 bits per heavy atom. The van der Waals surface area contributed by atoms with Crippen molar-refractivity contribution in [3.8, 4) is 0 Å². The van der Waals surface area contributed by atoms with Gasteiger partial charge in [-0.05, 0) is 39.6 Å². The number of amides is 1. The molecule has 2 unspecified atom stereocenters. The highest BCUT2D eigenvalue weighted by Gasteiger charge is 2.38. The second-order valence-electron chi connectivity index (χ2n) is 7.59. The van der Waals surface area contributed by atoms with E-state index in [9.17, 15) is 4.79 Å². The maximum Gasteiger partial charge on any atom is 0.272 e. The molecule has 0 saturated carbocycles. The molecule has 27 heavy (non-hydrogen) atoms. The highest BCUT2D eigenvalue weighted by Crippen LogP contribution is 2.31. The Morgan fingerprint density at radius 3 is 2.59 bits per heavy atom. The van der Waals surface area contributed by atoms with Crippen LogP contribution in [-0.2, 0) is 0 Å². The number of hydrogen-bond donors (Lipinski definition) is 0. The Balaban J connectivity index is 1.67.